The number of ether oxygens (including phenoxy) is 2. The van der Waals surface area contributed by atoms with Crippen molar-refractivity contribution in [1.82, 2.24) is 10.3 Å². The summed E-state index contributed by atoms with van der Waals surface area (Å²) in [6, 6.07) is 19.7. The van der Waals surface area contributed by atoms with E-state index in [2.05, 4.69) is 11.4 Å². The van der Waals surface area contributed by atoms with Gasteiger partial charge in [0.2, 0.25) is 5.91 Å². The fraction of sp³-hybridized carbons (Fsp3) is 0.321. The Morgan fingerprint density at radius 1 is 1.00 bits per heavy atom. The highest BCUT2D eigenvalue weighted by molar-refractivity contribution is 8.00. The molecule has 1 aliphatic rings. The first kappa shape index (κ1) is 24.6. The van der Waals surface area contributed by atoms with Gasteiger partial charge in [0.1, 0.15) is 22.6 Å². The van der Waals surface area contributed by atoms with Crippen molar-refractivity contribution >= 4 is 17.7 Å². The summed E-state index contributed by atoms with van der Waals surface area (Å²) in [6.07, 6.45) is 5.63. The summed E-state index contributed by atoms with van der Waals surface area (Å²) in [4.78, 5) is 17.5. The lowest BCUT2D eigenvalue weighted by atomic mass is 9.95. The Morgan fingerprint density at radius 3 is 2.17 bits per heavy atom. The first-order chi connectivity index (χ1) is 17.1. The van der Waals surface area contributed by atoms with E-state index in [1.54, 1.807) is 14.2 Å². The van der Waals surface area contributed by atoms with Crippen molar-refractivity contribution in [2.75, 3.05) is 20.0 Å². The summed E-state index contributed by atoms with van der Waals surface area (Å²) in [6.45, 7) is 0. The van der Waals surface area contributed by atoms with E-state index in [1.807, 2.05) is 54.6 Å². The first-order valence-corrected chi connectivity index (χ1v) is 12.8. The highest BCUT2D eigenvalue weighted by atomic mass is 32.2. The Morgan fingerprint density at radius 2 is 1.60 bits per heavy atom. The third-order valence-electron chi connectivity index (χ3n) is 6.20. The Kier molecular flexibility index (Phi) is 8.27. The molecule has 7 heteroatoms. The zero-order valence-electron chi connectivity index (χ0n) is 20.0. The van der Waals surface area contributed by atoms with E-state index in [1.165, 1.54) is 18.2 Å². The monoisotopic (exact) mass is 487 g/mol. The maximum absolute atomic E-state index is 12.7. The fourth-order valence-corrected chi connectivity index (χ4v) is 5.11. The van der Waals surface area contributed by atoms with Crippen LogP contribution in [0.4, 0.5) is 0 Å². The Balaban J connectivity index is 1.67. The predicted molar refractivity (Wildman–Crippen MR) is 139 cm³/mol. The van der Waals surface area contributed by atoms with E-state index in [4.69, 9.17) is 14.5 Å². The number of nitriles is 1. The lowest BCUT2D eigenvalue weighted by molar-refractivity contribution is -0.119. The minimum absolute atomic E-state index is 0.0200. The third-order valence-corrected chi connectivity index (χ3v) is 7.17. The molecule has 35 heavy (non-hydrogen) atoms. The minimum atomic E-state index is -0.0200. The average Bonchev–Trinajstić information content (AvgIpc) is 2.92. The van der Waals surface area contributed by atoms with E-state index in [9.17, 15) is 10.1 Å². The Hall–Kier alpha value is -3.50. The molecule has 0 atom stereocenters. The van der Waals surface area contributed by atoms with Crippen LogP contribution in [-0.4, -0.2) is 36.9 Å². The van der Waals surface area contributed by atoms with Crippen molar-refractivity contribution in [3.05, 3.63) is 60.2 Å². The number of aromatic nitrogens is 1. The number of carbonyl (C=O) groups excluding carboxylic acids is 1. The number of pyridine rings is 1. The van der Waals surface area contributed by atoms with Gasteiger partial charge in [-0.1, -0.05) is 43.2 Å². The number of carbonyl (C=O) groups is 1. The van der Waals surface area contributed by atoms with E-state index in [-0.39, 0.29) is 17.7 Å². The summed E-state index contributed by atoms with van der Waals surface area (Å²) in [5.74, 6) is 1.69. The molecule has 6 nitrogen and oxygen atoms in total. The van der Waals surface area contributed by atoms with Gasteiger partial charge in [-0.15, -0.1) is 0 Å². The number of hydrogen-bond donors (Lipinski definition) is 1. The van der Waals surface area contributed by atoms with Crippen LogP contribution < -0.4 is 14.8 Å². The maximum Gasteiger partial charge on any atom is 0.230 e. The van der Waals surface area contributed by atoms with E-state index >= 15 is 0 Å². The molecule has 1 aromatic heterocycles. The second-order valence-corrected chi connectivity index (χ2v) is 9.46. The zero-order chi connectivity index (χ0) is 24.6. The lowest BCUT2D eigenvalue weighted by Crippen LogP contribution is -2.37. The van der Waals surface area contributed by atoms with Gasteiger partial charge in [-0.2, -0.15) is 5.26 Å². The molecule has 1 fully saturated rings. The molecular weight excluding hydrogens is 458 g/mol. The molecule has 0 spiro atoms. The van der Waals surface area contributed by atoms with E-state index in [0.29, 0.717) is 10.6 Å². The van der Waals surface area contributed by atoms with Gasteiger partial charge >= 0.3 is 0 Å². The first-order valence-electron chi connectivity index (χ1n) is 11.8. The number of thioether (sulfide) groups is 1. The molecule has 1 aliphatic carbocycles. The predicted octanol–water partition coefficient (Wildman–Crippen LogP) is 5.85. The number of benzene rings is 2. The molecule has 2 aromatic carbocycles. The number of hydrogen-bond acceptors (Lipinski definition) is 6. The second kappa shape index (κ2) is 11.8. The second-order valence-electron chi connectivity index (χ2n) is 8.50. The van der Waals surface area contributed by atoms with Gasteiger partial charge in [0.25, 0.3) is 0 Å². The van der Waals surface area contributed by atoms with Gasteiger partial charge < -0.3 is 14.8 Å². The molecule has 0 unspecified atom stereocenters. The van der Waals surface area contributed by atoms with Gasteiger partial charge in [-0.3, -0.25) is 4.79 Å². The number of nitrogens with one attached hydrogen (secondary N) is 1. The zero-order valence-corrected chi connectivity index (χ0v) is 20.9. The van der Waals surface area contributed by atoms with Gasteiger partial charge in [0.15, 0.2) is 0 Å². The summed E-state index contributed by atoms with van der Waals surface area (Å²) in [7, 11) is 3.25. The van der Waals surface area contributed by atoms with Crippen LogP contribution >= 0.6 is 11.8 Å². The van der Waals surface area contributed by atoms with Crippen molar-refractivity contribution in [1.29, 1.82) is 5.26 Å². The summed E-state index contributed by atoms with van der Waals surface area (Å²) in [5, 5.41) is 13.8. The summed E-state index contributed by atoms with van der Waals surface area (Å²) in [5.41, 5.74) is 3.74. The van der Waals surface area contributed by atoms with Crippen LogP contribution in [0.25, 0.3) is 22.4 Å². The molecule has 1 N–H and O–H groups in total. The van der Waals surface area contributed by atoms with Crippen molar-refractivity contribution < 1.29 is 14.3 Å². The average molecular weight is 488 g/mol. The van der Waals surface area contributed by atoms with E-state index in [0.717, 1.165) is 59.6 Å². The van der Waals surface area contributed by atoms with Crippen LogP contribution in [0.2, 0.25) is 0 Å². The molecule has 0 saturated heterocycles. The Bertz CT molecular complexity index is 1200. The SMILES string of the molecule is COc1ccc(-c2cc(-c3ccc(OC)cc3)c(C#N)c(SCC(=O)NC3CCCCC3)n2)cc1. The molecule has 1 amide bonds. The molecule has 180 valence electrons. The van der Waals surface area contributed by atoms with Gasteiger partial charge in [0.05, 0.1) is 31.2 Å². The Labute approximate surface area is 210 Å². The number of nitrogens with zero attached hydrogens (tertiary/aromatic N) is 2. The lowest BCUT2D eigenvalue weighted by Gasteiger charge is -2.22. The molecule has 0 aliphatic heterocycles. The van der Waals surface area contributed by atoms with Gasteiger partial charge in [0, 0.05) is 17.2 Å². The van der Waals surface area contributed by atoms with Crippen LogP contribution in [0.15, 0.2) is 59.6 Å². The molecule has 4 rings (SSSR count). The summed E-state index contributed by atoms with van der Waals surface area (Å²) >= 11 is 1.31. The highest BCUT2D eigenvalue weighted by Gasteiger charge is 2.19. The van der Waals surface area contributed by atoms with Gasteiger partial charge in [-0.25, -0.2) is 4.98 Å². The minimum Gasteiger partial charge on any atom is -0.497 e. The standard InChI is InChI=1S/C28H29N3O3S/c1-33-22-12-8-19(9-13-22)24-16-26(20-10-14-23(34-2)15-11-20)31-28(25(24)17-29)35-18-27(32)30-21-6-4-3-5-7-21/h8-16,21H,3-7,18H2,1-2H3,(H,30,32). The molecule has 1 saturated carbocycles. The van der Waals surface area contributed by atoms with Crippen molar-refractivity contribution in [2.45, 2.75) is 43.2 Å². The number of methoxy groups -OCH3 is 2. The smallest absolute Gasteiger partial charge is 0.230 e. The van der Waals surface area contributed by atoms with Crippen molar-refractivity contribution in [3.8, 4) is 40.0 Å². The summed E-state index contributed by atoms with van der Waals surface area (Å²) < 4.78 is 10.6. The highest BCUT2D eigenvalue weighted by Crippen LogP contribution is 2.35. The molecule has 0 bridgehead atoms. The molecule has 1 heterocycles. The van der Waals surface area contributed by atoms with Gasteiger partial charge in [-0.05, 0) is 60.9 Å². The van der Waals surface area contributed by atoms with Crippen LogP contribution in [0.1, 0.15) is 37.7 Å². The van der Waals surface area contributed by atoms with Crippen LogP contribution in [0.3, 0.4) is 0 Å². The van der Waals surface area contributed by atoms with Crippen LogP contribution in [0.5, 0.6) is 11.5 Å². The molecule has 0 radical (unpaired) electrons. The quantitative estimate of drug-likeness (QED) is 0.402. The van der Waals surface area contributed by atoms with Crippen molar-refractivity contribution in [3.63, 3.8) is 0 Å². The number of amides is 1. The topological polar surface area (TPSA) is 84.2 Å². The fourth-order valence-electron chi connectivity index (χ4n) is 4.29. The van der Waals surface area contributed by atoms with Crippen LogP contribution in [-0.2, 0) is 4.79 Å². The van der Waals surface area contributed by atoms with Crippen LogP contribution in [0, 0.1) is 11.3 Å². The normalized spacial score (nSPS) is 13.6. The maximum atomic E-state index is 12.7. The largest absolute Gasteiger partial charge is 0.497 e. The molecular formula is C28H29N3O3S. The van der Waals surface area contributed by atoms with E-state index < -0.39 is 0 Å². The molecule has 3 aromatic rings. The number of rotatable bonds is 8. The third kappa shape index (κ3) is 6.14. The van der Waals surface area contributed by atoms with Crippen molar-refractivity contribution in [2.24, 2.45) is 0 Å².